The highest BCUT2D eigenvalue weighted by Crippen LogP contribution is 2.10. The van der Waals surface area contributed by atoms with Gasteiger partial charge in [0, 0.05) is 0 Å². The highest BCUT2D eigenvalue weighted by atomic mass is 16.5. The number of aliphatic hydroxyl groups excluding tert-OH is 1. The summed E-state index contributed by atoms with van der Waals surface area (Å²) < 4.78 is 10.5. The second-order valence-electron chi connectivity index (χ2n) is 7.32. The number of benzene rings is 1. The number of hydrogen-bond donors (Lipinski definition) is 3. The molecule has 1 aliphatic heterocycles. The van der Waals surface area contributed by atoms with Crippen LogP contribution >= 0.6 is 0 Å². The van der Waals surface area contributed by atoms with Gasteiger partial charge in [0.15, 0.2) is 0 Å². The smallest absolute Gasteiger partial charge is 0.408 e. The zero-order valence-corrected chi connectivity index (χ0v) is 16.5. The number of nitrogens with one attached hydrogen (secondary N) is 2. The Bertz CT molecular complexity index is 647. The number of amides is 2. The van der Waals surface area contributed by atoms with E-state index in [1.165, 1.54) is 0 Å². The second kappa shape index (κ2) is 11.5. The van der Waals surface area contributed by atoms with Crippen LogP contribution in [-0.4, -0.2) is 48.5 Å². The minimum atomic E-state index is -0.807. The fourth-order valence-electron chi connectivity index (χ4n) is 2.89. The lowest BCUT2D eigenvalue weighted by atomic mass is 10.0. The summed E-state index contributed by atoms with van der Waals surface area (Å²) in [5.41, 5.74) is 0.868. The lowest BCUT2D eigenvalue weighted by Crippen LogP contribution is -2.53. The van der Waals surface area contributed by atoms with Gasteiger partial charge in [-0.05, 0) is 24.3 Å². The summed E-state index contributed by atoms with van der Waals surface area (Å²) in [5, 5.41) is 15.7. The normalized spacial score (nSPS) is 21.9. The van der Waals surface area contributed by atoms with Crippen LogP contribution in [0.1, 0.15) is 32.3 Å². The van der Waals surface area contributed by atoms with Gasteiger partial charge in [-0.3, -0.25) is 4.79 Å². The van der Waals surface area contributed by atoms with E-state index in [9.17, 15) is 14.7 Å². The third-order valence-electron chi connectivity index (χ3n) is 4.38. The maximum absolute atomic E-state index is 12.7. The van der Waals surface area contributed by atoms with Gasteiger partial charge in [-0.25, -0.2) is 4.79 Å². The van der Waals surface area contributed by atoms with E-state index in [0.717, 1.165) is 5.56 Å². The monoisotopic (exact) mass is 390 g/mol. The molecule has 2 unspecified atom stereocenters. The Morgan fingerprint density at radius 1 is 1.25 bits per heavy atom. The van der Waals surface area contributed by atoms with Crippen LogP contribution in [0.25, 0.3) is 0 Å². The maximum atomic E-state index is 12.7. The van der Waals surface area contributed by atoms with Crippen molar-refractivity contribution in [1.82, 2.24) is 10.6 Å². The summed E-state index contributed by atoms with van der Waals surface area (Å²) in [4.78, 5) is 24.9. The average molecular weight is 390 g/mol. The predicted octanol–water partition coefficient (Wildman–Crippen LogP) is 2.15. The van der Waals surface area contributed by atoms with Crippen LogP contribution in [-0.2, 0) is 20.9 Å². The van der Waals surface area contributed by atoms with Crippen molar-refractivity contribution in [3.8, 4) is 0 Å². The van der Waals surface area contributed by atoms with Gasteiger partial charge in [-0.2, -0.15) is 0 Å². The van der Waals surface area contributed by atoms with E-state index < -0.39 is 24.3 Å². The van der Waals surface area contributed by atoms with Crippen molar-refractivity contribution >= 4 is 12.0 Å². The molecule has 1 aromatic rings. The molecule has 0 bridgehead atoms. The summed E-state index contributed by atoms with van der Waals surface area (Å²) in [7, 11) is 0. The summed E-state index contributed by atoms with van der Waals surface area (Å²) in [6.07, 6.45) is 3.23. The lowest BCUT2D eigenvalue weighted by Gasteiger charge is -2.27. The summed E-state index contributed by atoms with van der Waals surface area (Å²) in [6.45, 7) is 4.67. The molecule has 0 aliphatic carbocycles. The molecule has 2 rings (SSSR count). The summed E-state index contributed by atoms with van der Waals surface area (Å²) >= 11 is 0. The minimum Gasteiger partial charge on any atom is -0.445 e. The molecule has 0 fully saturated rings. The van der Waals surface area contributed by atoms with Gasteiger partial charge in [-0.1, -0.05) is 56.3 Å². The second-order valence-corrected chi connectivity index (χ2v) is 7.32. The van der Waals surface area contributed by atoms with E-state index in [2.05, 4.69) is 10.6 Å². The van der Waals surface area contributed by atoms with Crippen LogP contribution in [0.15, 0.2) is 42.5 Å². The number of alkyl carbamates (subject to hydrolysis) is 1. The molecule has 1 heterocycles. The molecular formula is C21H30N2O5. The molecule has 3 atom stereocenters. The minimum absolute atomic E-state index is 0.131. The van der Waals surface area contributed by atoms with Crippen molar-refractivity contribution in [3.05, 3.63) is 48.0 Å². The topological polar surface area (TPSA) is 96.9 Å². The highest BCUT2D eigenvalue weighted by molar-refractivity contribution is 5.85. The van der Waals surface area contributed by atoms with Crippen LogP contribution in [0.2, 0.25) is 0 Å². The Kier molecular flexibility index (Phi) is 8.97. The number of hydrogen-bond acceptors (Lipinski definition) is 5. The van der Waals surface area contributed by atoms with Crippen molar-refractivity contribution in [2.24, 2.45) is 5.92 Å². The Hall–Kier alpha value is -2.38. The standard InChI is InChI=1S/C21H30N2O5/c1-15(2)12-18(23-21(26)28-13-16-8-4-3-5-9-16)20(25)22-17-10-6-7-11-27-14-19(17)24/h3-9,15,17-19,24H,10-14H2,1-2H3,(H,22,25)(H,23,26)/b7-6-/t17?,18-,19?/m0/s1. The van der Waals surface area contributed by atoms with Crippen LogP contribution in [0, 0.1) is 5.92 Å². The molecule has 3 N–H and O–H groups in total. The third kappa shape index (κ3) is 7.70. The van der Waals surface area contributed by atoms with Gasteiger partial charge in [-0.15, -0.1) is 0 Å². The molecule has 7 nitrogen and oxygen atoms in total. The lowest BCUT2D eigenvalue weighted by molar-refractivity contribution is -0.125. The first-order chi connectivity index (χ1) is 13.5. The third-order valence-corrected chi connectivity index (χ3v) is 4.38. The van der Waals surface area contributed by atoms with Crippen LogP contribution in [0.3, 0.4) is 0 Å². The van der Waals surface area contributed by atoms with Crippen molar-refractivity contribution < 1.29 is 24.2 Å². The van der Waals surface area contributed by atoms with Crippen LogP contribution in [0.5, 0.6) is 0 Å². The Labute approximate surface area is 166 Å². The number of carbonyl (C=O) groups is 2. The SMILES string of the molecule is CC(C)C[C@H](NC(=O)OCc1ccccc1)C(=O)NC1C/C=C\COCC1O. The Morgan fingerprint density at radius 2 is 2.00 bits per heavy atom. The van der Waals surface area contributed by atoms with E-state index in [1.807, 2.05) is 56.3 Å². The van der Waals surface area contributed by atoms with Crippen LogP contribution < -0.4 is 10.6 Å². The largest absolute Gasteiger partial charge is 0.445 e. The van der Waals surface area contributed by atoms with Gasteiger partial charge in [0.2, 0.25) is 5.91 Å². The number of aliphatic hydroxyl groups is 1. The molecule has 28 heavy (non-hydrogen) atoms. The Balaban J connectivity index is 1.92. The quantitative estimate of drug-likeness (QED) is 0.620. The fraction of sp³-hybridized carbons (Fsp3) is 0.524. The molecule has 2 amide bonds. The molecule has 1 aliphatic rings. The average Bonchev–Trinajstić information content (AvgIpc) is 2.66. The molecular weight excluding hydrogens is 360 g/mol. The first kappa shape index (κ1) is 21.9. The molecule has 0 aromatic heterocycles. The van der Waals surface area contributed by atoms with E-state index in [-0.39, 0.29) is 25.0 Å². The van der Waals surface area contributed by atoms with Gasteiger partial charge in [0.05, 0.1) is 25.4 Å². The zero-order chi connectivity index (χ0) is 20.4. The van der Waals surface area contributed by atoms with Gasteiger partial charge in [0.25, 0.3) is 0 Å². The van der Waals surface area contributed by atoms with E-state index >= 15 is 0 Å². The van der Waals surface area contributed by atoms with Crippen molar-refractivity contribution in [3.63, 3.8) is 0 Å². The van der Waals surface area contributed by atoms with Crippen molar-refractivity contribution in [2.75, 3.05) is 13.2 Å². The van der Waals surface area contributed by atoms with Crippen molar-refractivity contribution in [1.29, 1.82) is 0 Å². The summed E-state index contributed by atoms with van der Waals surface area (Å²) in [5.74, 6) is -0.154. The molecule has 7 heteroatoms. The maximum Gasteiger partial charge on any atom is 0.408 e. The number of carbonyl (C=O) groups excluding carboxylic acids is 2. The molecule has 1 aromatic carbocycles. The highest BCUT2D eigenvalue weighted by Gasteiger charge is 2.27. The molecule has 0 radical (unpaired) electrons. The van der Waals surface area contributed by atoms with Crippen LogP contribution in [0.4, 0.5) is 4.79 Å². The predicted molar refractivity (Wildman–Crippen MR) is 106 cm³/mol. The molecule has 0 spiro atoms. The van der Waals surface area contributed by atoms with Crippen molar-refractivity contribution in [2.45, 2.75) is 51.5 Å². The zero-order valence-electron chi connectivity index (χ0n) is 16.5. The van der Waals surface area contributed by atoms with Gasteiger partial charge in [0.1, 0.15) is 12.6 Å². The number of rotatable bonds is 7. The summed E-state index contributed by atoms with van der Waals surface area (Å²) in [6, 6.07) is 8.12. The van der Waals surface area contributed by atoms with E-state index in [1.54, 1.807) is 0 Å². The first-order valence-electron chi connectivity index (χ1n) is 9.64. The van der Waals surface area contributed by atoms with E-state index in [0.29, 0.717) is 19.4 Å². The first-order valence-corrected chi connectivity index (χ1v) is 9.64. The molecule has 0 saturated heterocycles. The molecule has 0 saturated carbocycles. The Morgan fingerprint density at radius 3 is 2.71 bits per heavy atom. The fourth-order valence-corrected chi connectivity index (χ4v) is 2.89. The molecule has 154 valence electrons. The van der Waals surface area contributed by atoms with E-state index in [4.69, 9.17) is 9.47 Å². The van der Waals surface area contributed by atoms with Gasteiger partial charge < -0.3 is 25.2 Å². The van der Waals surface area contributed by atoms with Gasteiger partial charge >= 0.3 is 6.09 Å². The number of ether oxygens (including phenoxy) is 2.